The number of rotatable bonds is 3. The molecule has 58 heavy (non-hydrogen) atoms. The molecule has 2 heterocycles. The lowest BCUT2D eigenvalue weighted by molar-refractivity contribution is 0.677. The Hall–Kier alpha value is -7.26. The molecule has 0 N–H and O–H groups in total. The minimum atomic E-state index is 0.947. The number of furan rings is 1. The van der Waals surface area contributed by atoms with E-state index in [-0.39, 0.29) is 0 Å². The summed E-state index contributed by atoms with van der Waals surface area (Å²) in [5.41, 5.74) is 9.37. The van der Waals surface area contributed by atoms with Crippen LogP contribution in [0.25, 0.3) is 129 Å². The predicted octanol–water partition coefficient (Wildman–Crippen LogP) is 16.7. The van der Waals surface area contributed by atoms with E-state index in [0.717, 1.165) is 27.3 Å². The van der Waals surface area contributed by atoms with Crippen molar-refractivity contribution < 1.29 is 4.42 Å². The van der Waals surface area contributed by atoms with E-state index < -0.39 is 0 Å². The molecule has 13 aromatic rings. The van der Waals surface area contributed by atoms with Crippen molar-refractivity contribution in [2.24, 2.45) is 0 Å². The summed E-state index contributed by atoms with van der Waals surface area (Å²) in [6.07, 6.45) is 0. The van der Waals surface area contributed by atoms with Gasteiger partial charge in [0.05, 0.1) is 0 Å². The first-order chi connectivity index (χ1) is 28.8. The molecule has 0 spiro atoms. The summed E-state index contributed by atoms with van der Waals surface area (Å²) < 4.78 is 9.49. The second-order valence-corrected chi connectivity index (χ2v) is 16.6. The highest BCUT2D eigenvalue weighted by Gasteiger charge is 2.22. The predicted molar refractivity (Wildman–Crippen MR) is 250 cm³/mol. The van der Waals surface area contributed by atoms with Crippen molar-refractivity contribution in [1.29, 1.82) is 0 Å². The molecule has 268 valence electrons. The van der Waals surface area contributed by atoms with E-state index in [1.807, 2.05) is 11.3 Å². The first-order valence-corrected chi connectivity index (χ1v) is 20.7. The Morgan fingerprint density at radius 2 is 0.828 bits per heavy atom. The molecule has 13 rings (SSSR count). The second kappa shape index (κ2) is 12.1. The summed E-state index contributed by atoms with van der Waals surface area (Å²) in [5.74, 6) is 0. The van der Waals surface area contributed by atoms with E-state index in [2.05, 4.69) is 194 Å². The third-order valence-electron chi connectivity index (χ3n) is 12.4. The summed E-state index contributed by atoms with van der Waals surface area (Å²) in [6.45, 7) is 0. The van der Waals surface area contributed by atoms with E-state index in [0.29, 0.717) is 0 Å². The van der Waals surface area contributed by atoms with Gasteiger partial charge in [-0.3, -0.25) is 0 Å². The molecule has 2 heteroatoms. The Morgan fingerprint density at radius 1 is 0.293 bits per heavy atom. The standard InChI is InChI=1S/C56H32OS/c1-2-14-34-31-35(26-25-33(34)13-1)52-40-18-6-8-20-42(40)53(43-21-9-7-19-41(43)52)44-28-27-39(36-15-3-4-16-37(36)44)48-32-49-46-29-30-51-54(47-23-11-12-24-50(47)58-51)56(46)57-55(49)45-22-10-5-17-38(45)48/h1-32H. The number of thiophene rings is 1. The molecule has 11 aromatic carbocycles. The van der Waals surface area contributed by atoms with Crippen molar-refractivity contribution in [2.45, 2.75) is 0 Å². The van der Waals surface area contributed by atoms with Crippen LogP contribution in [0.15, 0.2) is 199 Å². The highest BCUT2D eigenvalue weighted by atomic mass is 32.1. The van der Waals surface area contributed by atoms with Gasteiger partial charge in [-0.15, -0.1) is 11.3 Å². The van der Waals surface area contributed by atoms with Crippen LogP contribution < -0.4 is 0 Å². The molecule has 0 fully saturated rings. The molecule has 0 saturated heterocycles. The monoisotopic (exact) mass is 752 g/mol. The first-order valence-electron chi connectivity index (χ1n) is 19.9. The fourth-order valence-electron chi connectivity index (χ4n) is 9.91. The molecule has 1 nitrogen and oxygen atoms in total. The number of hydrogen-bond acceptors (Lipinski definition) is 2. The van der Waals surface area contributed by atoms with Crippen molar-refractivity contribution in [2.75, 3.05) is 0 Å². The van der Waals surface area contributed by atoms with Gasteiger partial charge in [0.25, 0.3) is 0 Å². The van der Waals surface area contributed by atoms with Gasteiger partial charge in [0.1, 0.15) is 11.2 Å². The van der Waals surface area contributed by atoms with Gasteiger partial charge < -0.3 is 4.42 Å². The number of fused-ring (bicyclic) bond motifs is 13. The molecular formula is C56H32OS. The topological polar surface area (TPSA) is 13.1 Å². The zero-order valence-electron chi connectivity index (χ0n) is 31.3. The van der Waals surface area contributed by atoms with Crippen LogP contribution in [0, 0.1) is 0 Å². The van der Waals surface area contributed by atoms with Gasteiger partial charge in [0, 0.05) is 36.3 Å². The van der Waals surface area contributed by atoms with Gasteiger partial charge >= 0.3 is 0 Å². The molecule has 0 radical (unpaired) electrons. The van der Waals surface area contributed by atoms with E-state index >= 15 is 0 Å². The quantitative estimate of drug-likeness (QED) is 0.164. The summed E-state index contributed by atoms with van der Waals surface area (Å²) in [4.78, 5) is 0. The maximum absolute atomic E-state index is 6.95. The van der Waals surface area contributed by atoms with Crippen LogP contribution in [-0.4, -0.2) is 0 Å². The lowest BCUT2D eigenvalue weighted by atomic mass is 9.83. The number of benzene rings is 11. The van der Waals surface area contributed by atoms with Crippen LogP contribution in [0.4, 0.5) is 0 Å². The molecule has 0 bridgehead atoms. The Bertz CT molecular complexity index is 3810. The molecule has 0 atom stereocenters. The van der Waals surface area contributed by atoms with Crippen molar-refractivity contribution in [3.8, 4) is 33.4 Å². The molecule has 0 aliphatic heterocycles. The van der Waals surface area contributed by atoms with Gasteiger partial charge in [-0.2, -0.15) is 0 Å². The fourth-order valence-corrected chi connectivity index (χ4v) is 11.0. The second-order valence-electron chi connectivity index (χ2n) is 15.5. The molecule has 0 saturated carbocycles. The van der Waals surface area contributed by atoms with Gasteiger partial charge in [0.2, 0.25) is 0 Å². The van der Waals surface area contributed by atoms with Gasteiger partial charge in [-0.05, 0) is 112 Å². The average Bonchev–Trinajstić information content (AvgIpc) is 3.86. The first kappa shape index (κ1) is 31.9. The maximum atomic E-state index is 6.95. The molecule has 0 amide bonds. The van der Waals surface area contributed by atoms with Crippen molar-refractivity contribution in [1.82, 2.24) is 0 Å². The van der Waals surface area contributed by atoms with E-state index in [1.54, 1.807) is 0 Å². The van der Waals surface area contributed by atoms with E-state index in [1.165, 1.54) is 102 Å². The van der Waals surface area contributed by atoms with Crippen LogP contribution in [0.3, 0.4) is 0 Å². The zero-order valence-corrected chi connectivity index (χ0v) is 32.1. The van der Waals surface area contributed by atoms with Crippen LogP contribution in [0.1, 0.15) is 0 Å². The largest absolute Gasteiger partial charge is 0.455 e. The minimum Gasteiger partial charge on any atom is -0.455 e. The Balaban J connectivity index is 1.08. The third-order valence-corrected chi connectivity index (χ3v) is 13.6. The van der Waals surface area contributed by atoms with Crippen LogP contribution >= 0.6 is 11.3 Å². The maximum Gasteiger partial charge on any atom is 0.144 e. The van der Waals surface area contributed by atoms with Gasteiger partial charge in [-0.1, -0.05) is 164 Å². The van der Waals surface area contributed by atoms with Crippen molar-refractivity contribution >= 4 is 107 Å². The van der Waals surface area contributed by atoms with Crippen molar-refractivity contribution in [3.63, 3.8) is 0 Å². The van der Waals surface area contributed by atoms with Crippen LogP contribution in [0.5, 0.6) is 0 Å². The highest BCUT2D eigenvalue weighted by Crippen LogP contribution is 2.49. The summed E-state index contributed by atoms with van der Waals surface area (Å²) in [6, 6.07) is 71.5. The Morgan fingerprint density at radius 3 is 1.55 bits per heavy atom. The Kier molecular flexibility index (Phi) is 6.66. The minimum absolute atomic E-state index is 0.947. The molecule has 0 unspecified atom stereocenters. The third kappa shape index (κ3) is 4.46. The summed E-state index contributed by atoms with van der Waals surface area (Å²) in [5, 5.41) is 17.1. The van der Waals surface area contributed by atoms with Gasteiger partial charge in [0.15, 0.2) is 0 Å². The molecule has 0 aliphatic carbocycles. The SMILES string of the molecule is c1ccc2cc(-c3c4ccccc4c(-c4ccc(-c5cc6c7ccc8sc9ccccc9c8c7oc6c6ccccc56)c5ccccc45)c4ccccc34)ccc2c1. The number of hydrogen-bond donors (Lipinski definition) is 0. The summed E-state index contributed by atoms with van der Waals surface area (Å²) in [7, 11) is 0. The van der Waals surface area contributed by atoms with Crippen LogP contribution in [0.2, 0.25) is 0 Å². The lowest BCUT2D eigenvalue weighted by Gasteiger charge is -2.20. The van der Waals surface area contributed by atoms with Gasteiger partial charge in [-0.25, -0.2) is 0 Å². The highest BCUT2D eigenvalue weighted by molar-refractivity contribution is 7.26. The average molecular weight is 753 g/mol. The van der Waals surface area contributed by atoms with Crippen molar-refractivity contribution in [3.05, 3.63) is 194 Å². The summed E-state index contributed by atoms with van der Waals surface area (Å²) >= 11 is 1.83. The smallest absolute Gasteiger partial charge is 0.144 e. The molecule has 0 aliphatic rings. The van der Waals surface area contributed by atoms with E-state index in [4.69, 9.17) is 4.42 Å². The Labute approximate surface area is 337 Å². The fraction of sp³-hybridized carbons (Fsp3) is 0. The van der Waals surface area contributed by atoms with Crippen LogP contribution in [-0.2, 0) is 0 Å². The molecule has 2 aromatic heterocycles. The zero-order chi connectivity index (χ0) is 37.9. The lowest BCUT2D eigenvalue weighted by Crippen LogP contribution is -1.93. The molecular weight excluding hydrogens is 721 g/mol. The van der Waals surface area contributed by atoms with E-state index in [9.17, 15) is 0 Å². The normalized spacial score (nSPS) is 12.1.